The van der Waals surface area contributed by atoms with E-state index >= 15 is 0 Å². The van der Waals surface area contributed by atoms with E-state index in [2.05, 4.69) is 20.5 Å². The van der Waals surface area contributed by atoms with Gasteiger partial charge in [0.25, 0.3) is 5.91 Å². The van der Waals surface area contributed by atoms with Crippen LogP contribution in [0.2, 0.25) is 5.02 Å². The zero-order chi connectivity index (χ0) is 24.0. The summed E-state index contributed by atoms with van der Waals surface area (Å²) < 4.78 is 10.9. The van der Waals surface area contributed by atoms with Crippen LogP contribution in [0.4, 0.5) is 5.69 Å². The monoisotopic (exact) mass is 474 g/mol. The minimum absolute atomic E-state index is 0.206. The number of benzene rings is 1. The number of methoxy groups -OCH3 is 1. The predicted octanol–water partition coefficient (Wildman–Crippen LogP) is 2.64. The molecule has 33 heavy (non-hydrogen) atoms. The first-order chi connectivity index (χ1) is 15.8. The zero-order valence-corrected chi connectivity index (χ0v) is 19.5. The van der Waals surface area contributed by atoms with Gasteiger partial charge in [-0.2, -0.15) is 0 Å². The van der Waals surface area contributed by atoms with Gasteiger partial charge in [0.1, 0.15) is 11.9 Å². The molecular formula is C23H27ClN4O5. The second-order valence-corrected chi connectivity index (χ2v) is 8.19. The molecule has 10 heteroatoms. The first-order valence-electron chi connectivity index (χ1n) is 10.5. The van der Waals surface area contributed by atoms with Gasteiger partial charge in [-0.1, -0.05) is 17.7 Å². The number of ether oxygens (including phenoxy) is 2. The first kappa shape index (κ1) is 24.5. The lowest BCUT2D eigenvalue weighted by Gasteiger charge is -2.38. The summed E-state index contributed by atoms with van der Waals surface area (Å²) in [5, 5.41) is 5.76. The number of aromatic nitrogens is 1. The van der Waals surface area contributed by atoms with Gasteiger partial charge in [-0.15, -0.1) is 0 Å². The zero-order valence-electron chi connectivity index (χ0n) is 18.8. The van der Waals surface area contributed by atoms with Crippen molar-refractivity contribution in [1.82, 2.24) is 15.2 Å². The van der Waals surface area contributed by atoms with Crippen LogP contribution in [0.3, 0.4) is 0 Å². The molecule has 1 saturated heterocycles. The summed E-state index contributed by atoms with van der Waals surface area (Å²) >= 11 is 6.25. The number of rotatable bonds is 7. The van der Waals surface area contributed by atoms with E-state index in [9.17, 15) is 14.4 Å². The van der Waals surface area contributed by atoms with E-state index in [4.69, 9.17) is 21.1 Å². The highest BCUT2D eigenvalue weighted by Gasteiger charge is 2.33. The van der Waals surface area contributed by atoms with Crippen LogP contribution >= 0.6 is 11.6 Å². The van der Waals surface area contributed by atoms with E-state index in [1.165, 1.54) is 33.1 Å². The van der Waals surface area contributed by atoms with Crippen LogP contribution in [0.25, 0.3) is 0 Å². The van der Waals surface area contributed by atoms with E-state index in [-0.39, 0.29) is 28.3 Å². The number of anilines is 1. The maximum Gasteiger partial charge on any atom is 0.303 e. The van der Waals surface area contributed by atoms with E-state index < -0.39 is 18.0 Å². The van der Waals surface area contributed by atoms with Crippen molar-refractivity contribution in [3.8, 4) is 5.75 Å². The number of hydrogen-bond acceptors (Lipinski definition) is 7. The number of carbonyl (C=O) groups excluding carboxylic acids is 3. The molecule has 176 valence electrons. The molecule has 0 bridgehead atoms. The molecule has 0 unspecified atom stereocenters. The van der Waals surface area contributed by atoms with Crippen molar-refractivity contribution in [2.24, 2.45) is 0 Å². The molecule has 1 aliphatic rings. The maximum atomic E-state index is 13.1. The minimum Gasteiger partial charge on any atom is -0.496 e. The van der Waals surface area contributed by atoms with E-state index in [0.29, 0.717) is 31.7 Å². The fourth-order valence-electron chi connectivity index (χ4n) is 3.77. The molecule has 1 fully saturated rings. The van der Waals surface area contributed by atoms with Gasteiger partial charge in [-0.3, -0.25) is 24.3 Å². The fraction of sp³-hybridized carbons (Fsp3) is 0.391. The summed E-state index contributed by atoms with van der Waals surface area (Å²) in [5.41, 5.74) is 1.48. The molecule has 2 heterocycles. The molecule has 2 N–H and O–H groups in total. The third-order valence-electron chi connectivity index (χ3n) is 5.23. The van der Waals surface area contributed by atoms with Gasteiger partial charge in [0, 0.05) is 45.7 Å². The lowest BCUT2D eigenvalue weighted by atomic mass is 10.0. The van der Waals surface area contributed by atoms with E-state index in [1.807, 2.05) is 18.2 Å². The number of pyridine rings is 1. The average Bonchev–Trinajstić information content (AvgIpc) is 2.76. The lowest BCUT2D eigenvalue weighted by Crippen LogP contribution is -2.55. The highest BCUT2D eigenvalue weighted by atomic mass is 35.5. The second-order valence-electron chi connectivity index (χ2n) is 7.79. The Kier molecular flexibility index (Phi) is 8.24. The molecule has 1 aromatic carbocycles. The molecule has 1 aromatic heterocycles. The Hall–Kier alpha value is -3.17. The number of nitrogens with zero attached hydrogens (tertiary/aromatic N) is 2. The van der Waals surface area contributed by atoms with Crippen LogP contribution in [-0.2, 0) is 20.9 Å². The van der Waals surface area contributed by atoms with Crippen molar-refractivity contribution in [2.75, 3.05) is 25.5 Å². The molecule has 0 saturated carbocycles. The number of carbonyl (C=O) groups is 3. The van der Waals surface area contributed by atoms with Crippen LogP contribution in [0, 0.1) is 0 Å². The van der Waals surface area contributed by atoms with Crippen LogP contribution in [-0.4, -0.2) is 60.0 Å². The van der Waals surface area contributed by atoms with Crippen LogP contribution < -0.4 is 15.4 Å². The fourth-order valence-corrected chi connectivity index (χ4v) is 3.98. The number of amides is 2. The number of halogens is 1. The van der Waals surface area contributed by atoms with Gasteiger partial charge in [-0.05, 0) is 24.6 Å². The van der Waals surface area contributed by atoms with Gasteiger partial charge < -0.3 is 20.1 Å². The normalized spacial score (nSPS) is 18.3. The SMILES string of the molecule is COc1cc(NC(C)=O)c(Cl)cc1C(=O)N[C@@H]1CCN(Cc2ccccn2)C[C@@H]1OC(C)=O. The summed E-state index contributed by atoms with van der Waals surface area (Å²) in [6.07, 6.45) is 1.79. The summed E-state index contributed by atoms with van der Waals surface area (Å²) in [6, 6.07) is 8.27. The van der Waals surface area contributed by atoms with Crippen molar-refractivity contribution >= 4 is 35.1 Å². The lowest BCUT2D eigenvalue weighted by molar-refractivity contribution is -0.150. The Morgan fingerprint density at radius 3 is 2.67 bits per heavy atom. The molecule has 3 rings (SSSR count). The Morgan fingerprint density at radius 2 is 2.03 bits per heavy atom. The van der Waals surface area contributed by atoms with E-state index in [0.717, 1.165) is 5.69 Å². The van der Waals surface area contributed by atoms with Crippen molar-refractivity contribution in [3.63, 3.8) is 0 Å². The molecule has 0 spiro atoms. The molecule has 0 radical (unpaired) electrons. The summed E-state index contributed by atoms with van der Waals surface area (Å²) in [4.78, 5) is 42.6. The van der Waals surface area contributed by atoms with Gasteiger partial charge in [-0.25, -0.2) is 0 Å². The van der Waals surface area contributed by atoms with Crippen molar-refractivity contribution in [1.29, 1.82) is 0 Å². The quantitative estimate of drug-likeness (QED) is 0.593. The number of piperidine rings is 1. The highest BCUT2D eigenvalue weighted by molar-refractivity contribution is 6.34. The second kappa shape index (κ2) is 11.1. The number of likely N-dealkylation sites (tertiary alicyclic amines) is 1. The van der Waals surface area contributed by atoms with Crippen LogP contribution in [0.1, 0.15) is 36.3 Å². The topological polar surface area (TPSA) is 110 Å². The molecule has 1 aliphatic heterocycles. The number of hydrogen-bond donors (Lipinski definition) is 2. The molecule has 0 aliphatic carbocycles. The summed E-state index contributed by atoms with van der Waals surface area (Å²) in [6.45, 7) is 4.48. The highest BCUT2D eigenvalue weighted by Crippen LogP contribution is 2.31. The van der Waals surface area contributed by atoms with Gasteiger partial charge in [0.2, 0.25) is 5.91 Å². The summed E-state index contributed by atoms with van der Waals surface area (Å²) in [7, 11) is 1.43. The van der Waals surface area contributed by atoms with E-state index in [1.54, 1.807) is 6.20 Å². The summed E-state index contributed by atoms with van der Waals surface area (Å²) in [5.74, 6) is -0.863. The predicted molar refractivity (Wildman–Crippen MR) is 123 cm³/mol. The number of nitrogens with one attached hydrogen (secondary N) is 2. The van der Waals surface area contributed by atoms with Crippen LogP contribution in [0.15, 0.2) is 36.5 Å². The Labute approximate surface area is 197 Å². The van der Waals surface area contributed by atoms with Crippen LogP contribution in [0.5, 0.6) is 5.75 Å². The van der Waals surface area contributed by atoms with Crippen molar-refractivity contribution in [3.05, 3.63) is 52.8 Å². The van der Waals surface area contributed by atoms with Gasteiger partial charge >= 0.3 is 5.97 Å². The maximum absolute atomic E-state index is 13.1. The Balaban J connectivity index is 1.74. The first-order valence-corrected chi connectivity index (χ1v) is 10.9. The Bertz CT molecular complexity index is 1020. The molecule has 2 amide bonds. The smallest absolute Gasteiger partial charge is 0.303 e. The van der Waals surface area contributed by atoms with Crippen molar-refractivity contribution < 1.29 is 23.9 Å². The standard InChI is InChI=1S/C23H27ClN4O5/c1-14(29)26-20-11-21(32-3)17(10-18(20)24)23(31)27-19-7-9-28(13-22(19)33-15(2)30)12-16-6-4-5-8-25-16/h4-6,8,10-11,19,22H,7,9,12-13H2,1-3H3,(H,26,29)(H,27,31)/t19-,22+/m1/s1. The average molecular weight is 475 g/mol. The van der Waals surface area contributed by atoms with Gasteiger partial charge in [0.05, 0.1) is 35.1 Å². The van der Waals surface area contributed by atoms with Gasteiger partial charge in [0.15, 0.2) is 0 Å². The molecule has 9 nitrogen and oxygen atoms in total. The molecule has 2 aromatic rings. The largest absolute Gasteiger partial charge is 0.496 e. The Morgan fingerprint density at radius 1 is 1.24 bits per heavy atom. The molecular weight excluding hydrogens is 448 g/mol. The minimum atomic E-state index is -0.524. The van der Waals surface area contributed by atoms with Crippen molar-refractivity contribution in [2.45, 2.75) is 39.0 Å². The molecule has 2 atom stereocenters. The third kappa shape index (κ3) is 6.66. The third-order valence-corrected chi connectivity index (χ3v) is 5.55. The number of esters is 1.